The average molecular weight is 342 g/mol. The Hall–Kier alpha value is -2.68. The van der Waals surface area contributed by atoms with Crippen LogP contribution >= 0.6 is 0 Å². The Labute approximate surface area is 156 Å². The Bertz CT molecular complexity index is 853. The van der Waals surface area contributed by atoms with Gasteiger partial charge < -0.3 is 0 Å². The van der Waals surface area contributed by atoms with Crippen LogP contribution in [0.15, 0.2) is 96.4 Å². The van der Waals surface area contributed by atoms with Gasteiger partial charge in [-0.1, -0.05) is 36.4 Å². The van der Waals surface area contributed by atoms with Crippen molar-refractivity contribution < 1.29 is 9.80 Å². The normalized spacial score (nSPS) is 22.1. The van der Waals surface area contributed by atoms with Crippen LogP contribution in [0.4, 0.5) is 11.4 Å². The van der Waals surface area contributed by atoms with Crippen molar-refractivity contribution in [3.8, 4) is 0 Å². The molecule has 2 aliphatic rings. The third-order valence-electron chi connectivity index (χ3n) is 5.33. The van der Waals surface area contributed by atoms with Gasteiger partial charge in [0.2, 0.25) is 0 Å². The molecule has 2 atom stereocenters. The summed E-state index contributed by atoms with van der Waals surface area (Å²) >= 11 is 0. The van der Waals surface area contributed by atoms with Crippen LogP contribution in [0.25, 0.3) is 0 Å². The zero-order chi connectivity index (χ0) is 17.9. The lowest BCUT2D eigenvalue weighted by Gasteiger charge is -2.21. The molecule has 2 aromatic rings. The van der Waals surface area contributed by atoms with Crippen LogP contribution in [0.1, 0.15) is 11.1 Å². The maximum Gasteiger partial charge on any atom is 0.138 e. The van der Waals surface area contributed by atoms with Gasteiger partial charge in [-0.05, 0) is 61.4 Å². The molecule has 0 fully saturated rings. The Kier molecular flexibility index (Phi) is 4.70. The van der Waals surface area contributed by atoms with Gasteiger partial charge >= 0.3 is 0 Å². The minimum Gasteiger partial charge on any atom is -0.273 e. The van der Waals surface area contributed by atoms with Crippen LogP contribution < -0.4 is 9.80 Å². The first-order valence-electron chi connectivity index (χ1n) is 9.33. The van der Waals surface area contributed by atoms with E-state index in [1.165, 1.54) is 43.4 Å². The van der Waals surface area contributed by atoms with E-state index in [0.29, 0.717) is 0 Å². The number of benzene rings is 2. The van der Waals surface area contributed by atoms with Crippen molar-refractivity contribution in [2.45, 2.75) is 13.8 Å². The van der Waals surface area contributed by atoms with E-state index in [1.807, 2.05) is 0 Å². The molecule has 0 bridgehead atoms. The monoisotopic (exact) mass is 342 g/mol. The maximum atomic E-state index is 2.36. The maximum absolute atomic E-state index is 2.36. The summed E-state index contributed by atoms with van der Waals surface area (Å²) < 4.78 is 0. The number of rotatable bonds is 3. The van der Waals surface area contributed by atoms with Gasteiger partial charge in [-0.25, -0.2) is 0 Å². The first-order chi connectivity index (χ1) is 12.7. The molecular weight excluding hydrogens is 316 g/mol. The summed E-state index contributed by atoms with van der Waals surface area (Å²) in [7, 11) is 0. The number of allylic oxidation sites excluding steroid dienone is 4. The molecule has 0 aromatic heterocycles. The number of para-hydroxylation sites is 2. The first kappa shape index (κ1) is 16.8. The molecule has 0 spiro atoms. The predicted octanol–water partition coefficient (Wildman–Crippen LogP) is 2.94. The van der Waals surface area contributed by atoms with Gasteiger partial charge in [-0.3, -0.25) is 9.80 Å². The molecule has 4 rings (SSSR count). The smallest absolute Gasteiger partial charge is 0.138 e. The molecule has 0 saturated heterocycles. The molecular formula is C24H26N2+2. The van der Waals surface area contributed by atoms with Crippen LogP contribution in [-0.2, 0) is 0 Å². The molecule has 2 aliphatic heterocycles. The topological polar surface area (TPSA) is 8.88 Å². The zero-order valence-electron chi connectivity index (χ0n) is 15.5. The number of nitrogens with one attached hydrogen (secondary N) is 2. The summed E-state index contributed by atoms with van der Waals surface area (Å²) in [6.07, 6.45) is 13.8. The van der Waals surface area contributed by atoms with Crippen molar-refractivity contribution in [2.24, 2.45) is 0 Å². The Morgan fingerprint density at radius 1 is 0.615 bits per heavy atom. The van der Waals surface area contributed by atoms with E-state index >= 15 is 0 Å². The molecule has 0 aliphatic carbocycles. The predicted molar refractivity (Wildman–Crippen MR) is 108 cm³/mol. The van der Waals surface area contributed by atoms with Crippen molar-refractivity contribution in [2.75, 3.05) is 13.1 Å². The highest BCUT2D eigenvalue weighted by Crippen LogP contribution is 2.17. The summed E-state index contributed by atoms with van der Waals surface area (Å²) in [5, 5.41) is 0. The first-order valence-corrected chi connectivity index (χ1v) is 9.33. The van der Waals surface area contributed by atoms with E-state index in [9.17, 15) is 0 Å². The fraction of sp³-hybridized carbons (Fsp3) is 0.167. The number of hydrogen-bond acceptors (Lipinski definition) is 0. The van der Waals surface area contributed by atoms with Crippen molar-refractivity contribution in [3.63, 3.8) is 0 Å². The van der Waals surface area contributed by atoms with Gasteiger partial charge in [0, 0.05) is 11.1 Å². The minimum atomic E-state index is 0.996. The highest BCUT2D eigenvalue weighted by molar-refractivity contribution is 5.49. The fourth-order valence-electron chi connectivity index (χ4n) is 3.79. The van der Waals surface area contributed by atoms with Crippen LogP contribution in [0.2, 0.25) is 0 Å². The number of hydrogen-bond donors (Lipinski definition) is 2. The highest BCUT2D eigenvalue weighted by Gasteiger charge is 2.19. The van der Waals surface area contributed by atoms with Crippen LogP contribution in [0.3, 0.4) is 0 Å². The number of quaternary nitrogens is 2. The Morgan fingerprint density at radius 2 is 1.04 bits per heavy atom. The molecule has 130 valence electrons. The van der Waals surface area contributed by atoms with Gasteiger partial charge in [0.25, 0.3) is 0 Å². The third kappa shape index (κ3) is 3.34. The summed E-state index contributed by atoms with van der Waals surface area (Å²) in [5.41, 5.74) is 8.09. The zero-order valence-corrected chi connectivity index (χ0v) is 15.5. The summed E-state index contributed by atoms with van der Waals surface area (Å²) in [4.78, 5) is 2.80. The highest BCUT2D eigenvalue weighted by atomic mass is 15.1. The van der Waals surface area contributed by atoms with Gasteiger partial charge in [-0.2, -0.15) is 0 Å². The average Bonchev–Trinajstić information content (AvgIpc) is 2.69. The van der Waals surface area contributed by atoms with Crippen molar-refractivity contribution >= 4 is 11.4 Å². The second-order valence-corrected chi connectivity index (χ2v) is 7.07. The van der Waals surface area contributed by atoms with Crippen molar-refractivity contribution in [3.05, 3.63) is 108 Å². The van der Waals surface area contributed by atoms with Gasteiger partial charge in [0.1, 0.15) is 36.9 Å². The molecule has 2 aromatic carbocycles. The van der Waals surface area contributed by atoms with E-state index < -0.39 is 0 Å². The van der Waals surface area contributed by atoms with Crippen molar-refractivity contribution in [1.82, 2.24) is 0 Å². The van der Waals surface area contributed by atoms with E-state index in [-0.39, 0.29) is 0 Å². The molecule has 2 N–H and O–H groups in total. The van der Waals surface area contributed by atoms with Gasteiger partial charge in [0.05, 0.1) is 0 Å². The molecule has 2 heteroatoms. The summed E-state index contributed by atoms with van der Waals surface area (Å²) in [5.74, 6) is 0. The largest absolute Gasteiger partial charge is 0.273 e. The molecule has 0 radical (unpaired) electrons. The van der Waals surface area contributed by atoms with Crippen molar-refractivity contribution in [1.29, 1.82) is 0 Å². The van der Waals surface area contributed by atoms with Crippen LogP contribution in [0, 0.1) is 13.8 Å². The van der Waals surface area contributed by atoms with E-state index in [2.05, 4.69) is 99.1 Å². The van der Waals surface area contributed by atoms with E-state index in [4.69, 9.17) is 0 Å². The van der Waals surface area contributed by atoms with E-state index in [0.717, 1.165) is 13.1 Å². The molecule has 2 heterocycles. The number of aryl methyl sites for hydroxylation is 2. The van der Waals surface area contributed by atoms with Crippen LogP contribution in [0.5, 0.6) is 0 Å². The molecule has 26 heavy (non-hydrogen) atoms. The van der Waals surface area contributed by atoms with Crippen LogP contribution in [-0.4, -0.2) is 13.1 Å². The SMILES string of the molecule is Cc1ccccc1[NH+]1C=CC(C2=CC[NH+](c3ccccc3C)C=C2)=CC1. The molecule has 0 saturated carbocycles. The van der Waals surface area contributed by atoms with Gasteiger partial charge in [-0.15, -0.1) is 0 Å². The van der Waals surface area contributed by atoms with Gasteiger partial charge in [0.15, 0.2) is 0 Å². The van der Waals surface area contributed by atoms with E-state index in [1.54, 1.807) is 0 Å². The second-order valence-electron chi connectivity index (χ2n) is 7.07. The summed E-state index contributed by atoms with van der Waals surface area (Å²) in [6, 6.07) is 17.3. The lowest BCUT2D eigenvalue weighted by Crippen LogP contribution is -3.03. The summed E-state index contributed by atoms with van der Waals surface area (Å²) in [6.45, 7) is 6.36. The third-order valence-corrected chi connectivity index (χ3v) is 5.33. The Morgan fingerprint density at radius 3 is 1.38 bits per heavy atom. The lowest BCUT2D eigenvalue weighted by atomic mass is 10.0. The molecule has 0 amide bonds. The quantitative estimate of drug-likeness (QED) is 0.849. The standard InChI is InChI=1S/C24H24N2/c1-19-7-3-5-9-23(19)25-15-11-21(12-16-25)22-13-17-26(18-14-22)24-10-6-4-8-20(24)2/h3-15,17H,16,18H2,1-2H3/p+2. The second kappa shape index (κ2) is 7.28. The minimum absolute atomic E-state index is 0.996. The Balaban J connectivity index is 1.46. The fourth-order valence-corrected chi connectivity index (χ4v) is 3.79. The lowest BCUT2D eigenvalue weighted by molar-refractivity contribution is -0.769. The molecule has 2 nitrogen and oxygen atoms in total. The molecule has 2 unspecified atom stereocenters.